The average Bonchev–Trinajstić information content (AvgIpc) is 3.04. The SMILES string of the molecule is N[C@@H]1CN(C(=O)c2ccc3[nH]c(=O)c(=O)[nH]c3c2)C[C@H]1c1ccccc1. The maximum Gasteiger partial charge on any atom is 0.314 e. The summed E-state index contributed by atoms with van der Waals surface area (Å²) in [6.45, 7) is 1.02. The van der Waals surface area contributed by atoms with E-state index in [4.69, 9.17) is 5.73 Å². The number of aromatic amines is 2. The molecule has 132 valence electrons. The number of likely N-dealkylation sites (tertiary alicyclic amines) is 1. The predicted octanol–water partition coefficient (Wildman–Crippen LogP) is 0.783. The molecule has 1 aromatic heterocycles. The highest BCUT2D eigenvalue weighted by Gasteiger charge is 2.34. The Morgan fingerprint density at radius 1 is 0.962 bits per heavy atom. The molecule has 7 heteroatoms. The van der Waals surface area contributed by atoms with E-state index in [-0.39, 0.29) is 17.9 Å². The van der Waals surface area contributed by atoms with Crippen LogP contribution in [0.1, 0.15) is 21.8 Å². The van der Waals surface area contributed by atoms with Crippen LogP contribution in [-0.4, -0.2) is 39.9 Å². The summed E-state index contributed by atoms with van der Waals surface area (Å²) in [6, 6.07) is 14.6. The molecule has 1 aliphatic rings. The summed E-state index contributed by atoms with van der Waals surface area (Å²) in [5.41, 5.74) is 7.27. The molecule has 4 rings (SSSR count). The summed E-state index contributed by atoms with van der Waals surface area (Å²) in [7, 11) is 0. The molecule has 2 aromatic carbocycles. The van der Waals surface area contributed by atoms with Crippen LogP contribution in [0, 0.1) is 0 Å². The number of hydrogen-bond donors (Lipinski definition) is 3. The number of hydrogen-bond acceptors (Lipinski definition) is 4. The van der Waals surface area contributed by atoms with Gasteiger partial charge in [-0.15, -0.1) is 0 Å². The zero-order valence-electron chi connectivity index (χ0n) is 13.9. The smallest absolute Gasteiger partial charge is 0.314 e. The van der Waals surface area contributed by atoms with E-state index in [0.717, 1.165) is 5.56 Å². The Labute approximate surface area is 148 Å². The molecule has 3 aromatic rings. The first-order valence-electron chi connectivity index (χ1n) is 8.39. The van der Waals surface area contributed by atoms with Gasteiger partial charge in [0.2, 0.25) is 0 Å². The Kier molecular flexibility index (Phi) is 3.93. The van der Waals surface area contributed by atoms with Gasteiger partial charge >= 0.3 is 11.1 Å². The van der Waals surface area contributed by atoms with Crippen molar-refractivity contribution in [2.75, 3.05) is 13.1 Å². The van der Waals surface area contributed by atoms with Gasteiger partial charge < -0.3 is 20.6 Å². The van der Waals surface area contributed by atoms with Gasteiger partial charge in [0.1, 0.15) is 0 Å². The van der Waals surface area contributed by atoms with Gasteiger partial charge in [0.25, 0.3) is 5.91 Å². The molecule has 0 aliphatic carbocycles. The first kappa shape index (κ1) is 16.3. The Bertz CT molecular complexity index is 1090. The van der Waals surface area contributed by atoms with E-state index >= 15 is 0 Å². The maximum absolute atomic E-state index is 12.9. The number of nitrogens with two attached hydrogens (primary N) is 1. The van der Waals surface area contributed by atoms with Crippen molar-refractivity contribution in [1.29, 1.82) is 0 Å². The highest BCUT2D eigenvalue weighted by atomic mass is 16.2. The molecule has 0 spiro atoms. The number of benzene rings is 2. The van der Waals surface area contributed by atoms with Crippen LogP contribution in [0.3, 0.4) is 0 Å². The Hall–Kier alpha value is -3.19. The van der Waals surface area contributed by atoms with Gasteiger partial charge in [0.15, 0.2) is 0 Å². The molecule has 1 amide bonds. The van der Waals surface area contributed by atoms with Crippen molar-refractivity contribution in [3.05, 3.63) is 80.4 Å². The second-order valence-corrected chi connectivity index (χ2v) is 6.56. The van der Waals surface area contributed by atoms with Gasteiger partial charge in [0, 0.05) is 30.6 Å². The van der Waals surface area contributed by atoms with Crippen LogP contribution in [-0.2, 0) is 0 Å². The molecule has 7 nitrogen and oxygen atoms in total. The van der Waals surface area contributed by atoms with Gasteiger partial charge in [0.05, 0.1) is 11.0 Å². The number of carbonyl (C=O) groups excluding carboxylic acids is 1. The van der Waals surface area contributed by atoms with Crippen molar-refractivity contribution < 1.29 is 4.79 Å². The molecule has 4 N–H and O–H groups in total. The Morgan fingerprint density at radius 2 is 1.65 bits per heavy atom. The van der Waals surface area contributed by atoms with Gasteiger partial charge in [-0.25, -0.2) is 0 Å². The van der Waals surface area contributed by atoms with Crippen LogP contribution in [0.2, 0.25) is 0 Å². The lowest BCUT2D eigenvalue weighted by atomic mass is 9.95. The molecule has 1 aliphatic heterocycles. The first-order valence-corrected chi connectivity index (χ1v) is 8.39. The second-order valence-electron chi connectivity index (χ2n) is 6.56. The van der Waals surface area contributed by atoms with Crippen LogP contribution in [0.5, 0.6) is 0 Å². The lowest BCUT2D eigenvalue weighted by molar-refractivity contribution is 0.0789. The fourth-order valence-corrected chi connectivity index (χ4v) is 3.48. The molecular weight excluding hydrogens is 332 g/mol. The van der Waals surface area contributed by atoms with Crippen molar-refractivity contribution >= 4 is 16.9 Å². The van der Waals surface area contributed by atoms with Crippen LogP contribution in [0.4, 0.5) is 0 Å². The molecule has 26 heavy (non-hydrogen) atoms. The number of carbonyl (C=O) groups is 1. The number of H-pyrrole nitrogens is 2. The molecule has 0 bridgehead atoms. The first-order chi connectivity index (χ1) is 12.5. The Balaban J connectivity index is 1.62. The van der Waals surface area contributed by atoms with Crippen molar-refractivity contribution in [2.24, 2.45) is 5.73 Å². The largest absolute Gasteiger partial charge is 0.336 e. The molecule has 1 fully saturated rings. The van der Waals surface area contributed by atoms with Crippen LogP contribution in [0.25, 0.3) is 11.0 Å². The number of nitrogens with zero attached hydrogens (tertiary/aromatic N) is 1. The van der Waals surface area contributed by atoms with Crippen LogP contribution >= 0.6 is 0 Å². The quantitative estimate of drug-likeness (QED) is 0.593. The van der Waals surface area contributed by atoms with Crippen molar-refractivity contribution in [3.63, 3.8) is 0 Å². The monoisotopic (exact) mass is 350 g/mol. The lowest BCUT2D eigenvalue weighted by Crippen LogP contribution is -2.32. The summed E-state index contributed by atoms with van der Waals surface area (Å²) < 4.78 is 0. The molecule has 0 radical (unpaired) electrons. The van der Waals surface area contributed by atoms with Crippen LogP contribution in [0.15, 0.2) is 58.1 Å². The minimum Gasteiger partial charge on any atom is -0.336 e. The highest BCUT2D eigenvalue weighted by molar-refractivity contribution is 5.97. The van der Waals surface area contributed by atoms with E-state index in [1.165, 1.54) is 0 Å². The number of nitrogens with one attached hydrogen (secondary N) is 2. The minimum atomic E-state index is -0.741. The highest BCUT2D eigenvalue weighted by Crippen LogP contribution is 2.27. The molecular formula is C19H18N4O3. The van der Waals surface area contributed by atoms with E-state index < -0.39 is 11.1 Å². The number of rotatable bonds is 2. The number of aromatic nitrogens is 2. The van der Waals surface area contributed by atoms with Crippen LogP contribution < -0.4 is 16.9 Å². The second kappa shape index (κ2) is 6.27. The number of fused-ring (bicyclic) bond motifs is 1. The zero-order chi connectivity index (χ0) is 18.3. The lowest BCUT2D eigenvalue weighted by Gasteiger charge is -2.17. The van der Waals surface area contributed by atoms with Crippen molar-refractivity contribution in [3.8, 4) is 0 Å². The Morgan fingerprint density at radius 3 is 2.38 bits per heavy atom. The maximum atomic E-state index is 12.9. The van der Waals surface area contributed by atoms with Crippen molar-refractivity contribution in [1.82, 2.24) is 14.9 Å². The van der Waals surface area contributed by atoms with Gasteiger partial charge in [-0.1, -0.05) is 30.3 Å². The third-order valence-electron chi connectivity index (χ3n) is 4.85. The normalized spacial score (nSPS) is 19.8. The van der Waals surface area contributed by atoms with E-state index in [1.807, 2.05) is 30.3 Å². The van der Waals surface area contributed by atoms with E-state index in [1.54, 1.807) is 23.1 Å². The predicted molar refractivity (Wildman–Crippen MR) is 98.3 cm³/mol. The topological polar surface area (TPSA) is 112 Å². The standard InChI is InChI=1S/C19H18N4O3/c20-14-10-23(9-13(14)11-4-2-1-3-5-11)19(26)12-6-7-15-16(8-12)22-18(25)17(24)21-15/h1-8,13-14H,9-10,20H2,(H,21,24)(H,22,25)/t13-,14+/m0/s1. The summed E-state index contributed by atoms with van der Waals surface area (Å²) in [6.07, 6.45) is 0. The third-order valence-corrected chi connectivity index (χ3v) is 4.85. The summed E-state index contributed by atoms with van der Waals surface area (Å²) in [5.74, 6) is -0.0513. The summed E-state index contributed by atoms with van der Waals surface area (Å²) >= 11 is 0. The fourth-order valence-electron chi connectivity index (χ4n) is 3.48. The van der Waals surface area contributed by atoms with Gasteiger partial charge in [-0.3, -0.25) is 14.4 Å². The van der Waals surface area contributed by atoms with E-state index in [9.17, 15) is 14.4 Å². The molecule has 0 unspecified atom stereocenters. The summed E-state index contributed by atoms with van der Waals surface area (Å²) in [4.78, 5) is 42.5. The van der Waals surface area contributed by atoms with Gasteiger partial charge in [-0.2, -0.15) is 0 Å². The number of amides is 1. The molecule has 2 heterocycles. The minimum absolute atomic E-state index is 0.0942. The van der Waals surface area contributed by atoms with E-state index in [2.05, 4.69) is 9.97 Å². The fraction of sp³-hybridized carbons (Fsp3) is 0.211. The van der Waals surface area contributed by atoms with E-state index in [0.29, 0.717) is 29.7 Å². The molecule has 0 saturated carbocycles. The van der Waals surface area contributed by atoms with Crippen molar-refractivity contribution in [2.45, 2.75) is 12.0 Å². The molecule has 1 saturated heterocycles. The molecule has 2 atom stereocenters. The average molecular weight is 350 g/mol. The van der Waals surface area contributed by atoms with Gasteiger partial charge in [-0.05, 0) is 23.8 Å². The summed E-state index contributed by atoms with van der Waals surface area (Å²) in [5, 5.41) is 0. The third kappa shape index (κ3) is 2.82. The zero-order valence-corrected chi connectivity index (χ0v) is 13.9.